The van der Waals surface area contributed by atoms with Crippen molar-refractivity contribution >= 4 is 45.8 Å². The Balaban J connectivity index is 0.00000180. The van der Waals surface area contributed by atoms with Gasteiger partial charge in [0, 0.05) is 29.6 Å². The largest absolute Gasteiger partial charge is 0.333 e. The highest BCUT2D eigenvalue weighted by atomic mass is 79.9. The fourth-order valence-electron chi connectivity index (χ4n) is 2.13. The van der Waals surface area contributed by atoms with E-state index in [0.29, 0.717) is 23.2 Å². The predicted octanol–water partition coefficient (Wildman–Crippen LogP) is 3.35. The molecule has 1 aromatic rings. The van der Waals surface area contributed by atoms with Crippen LogP contribution >= 0.6 is 39.9 Å². The molecule has 1 heterocycles. The van der Waals surface area contributed by atoms with Crippen molar-refractivity contribution in [2.24, 2.45) is 0 Å². The first-order chi connectivity index (χ1) is 8.50. The molecule has 3 nitrogen and oxygen atoms in total. The van der Waals surface area contributed by atoms with Crippen LogP contribution in [0.1, 0.15) is 24.2 Å². The Kier molecular flexibility index (Phi) is 6.12. The summed E-state index contributed by atoms with van der Waals surface area (Å²) in [4.78, 5) is 14.4. The monoisotopic (exact) mass is 366 g/mol. The molecule has 1 aromatic carbocycles. The minimum Gasteiger partial charge on any atom is -0.333 e. The van der Waals surface area contributed by atoms with Gasteiger partial charge >= 0.3 is 0 Å². The molecule has 0 aromatic heterocycles. The molecule has 2 atom stereocenters. The van der Waals surface area contributed by atoms with Gasteiger partial charge in [-0.25, -0.2) is 0 Å². The zero-order valence-electron chi connectivity index (χ0n) is 10.8. The van der Waals surface area contributed by atoms with Crippen LogP contribution in [0.4, 0.5) is 0 Å². The summed E-state index contributed by atoms with van der Waals surface area (Å²) >= 11 is 9.53. The number of halogens is 3. The molecule has 1 fully saturated rings. The van der Waals surface area contributed by atoms with Crippen LogP contribution in [-0.2, 0) is 0 Å². The zero-order chi connectivity index (χ0) is 13.3. The topological polar surface area (TPSA) is 32.3 Å². The van der Waals surface area contributed by atoms with E-state index in [1.165, 1.54) is 0 Å². The van der Waals surface area contributed by atoms with Crippen molar-refractivity contribution in [3.8, 4) is 0 Å². The Morgan fingerprint density at radius 3 is 2.84 bits per heavy atom. The number of carbonyl (C=O) groups is 1. The van der Waals surface area contributed by atoms with Crippen LogP contribution in [0.15, 0.2) is 22.7 Å². The van der Waals surface area contributed by atoms with Gasteiger partial charge < -0.3 is 10.2 Å². The quantitative estimate of drug-likeness (QED) is 0.825. The fraction of sp³-hybridized carbons (Fsp3) is 0.462. The van der Waals surface area contributed by atoms with Crippen molar-refractivity contribution in [2.75, 3.05) is 13.1 Å². The molecule has 0 spiro atoms. The van der Waals surface area contributed by atoms with E-state index >= 15 is 0 Å². The number of carbonyl (C=O) groups excluding carboxylic acids is 1. The van der Waals surface area contributed by atoms with Gasteiger partial charge in [-0.3, -0.25) is 4.79 Å². The summed E-state index contributed by atoms with van der Waals surface area (Å²) < 4.78 is 0.755. The lowest BCUT2D eigenvalue weighted by atomic mass is 10.1. The lowest BCUT2D eigenvalue weighted by molar-refractivity contribution is 0.0616. The summed E-state index contributed by atoms with van der Waals surface area (Å²) in [5.41, 5.74) is 0.562. The average molecular weight is 368 g/mol. The van der Waals surface area contributed by atoms with Crippen molar-refractivity contribution in [1.82, 2.24) is 10.2 Å². The van der Waals surface area contributed by atoms with E-state index in [2.05, 4.69) is 28.2 Å². The zero-order valence-corrected chi connectivity index (χ0v) is 14.0. The number of hydrogen-bond acceptors (Lipinski definition) is 2. The fourth-order valence-corrected chi connectivity index (χ4v) is 2.70. The van der Waals surface area contributed by atoms with Gasteiger partial charge in [0.05, 0.1) is 10.6 Å². The number of nitrogens with zero attached hydrogens (tertiary/aromatic N) is 1. The van der Waals surface area contributed by atoms with E-state index in [1.54, 1.807) is 6.07 Å². The van der Waals surface area contributed by atoms with Crippen LogP contribution in [0.5, 0.6) is 0 Å². The van der Waals surface area contributed by atoms with Crippen molar-refractivity contribution in [3.63, 3.8) is 0 Å². The van der Waals surface area contributed by atoms with Crippen LogP contribution < -0.4 is 5.32 Å². The van der Waals surface area contributed by atoms with Crippen LogP contribution in [0.25, 0.3) is 0 Å². The highest BCUT2D eigenvalue weighted by Gasteiger charge is 2.28. The van der Waals surface area contributed by atoms with Gasteiger partial charge in [0.2, 0.25) is 0 Å². The molecule has 0 bridgehead atoms. The standard InChI is InChI=1S/C13H16BrClN2O.ClH/c1-8-7-17(9(2)6-16-8)13(18)10-4-3-5-11(14)12(10)15;/h3-5,8-9,16H,6-7H2,1-2H3;1H. The molecule has 106 valence electrons. The van der Waals surface area contributed by atoms with Crippen LogP contribution in [0.3, 0.4) is 0 Å². The molecule has 19 heavy (non-hydrogen) atoms. The maximum atomic E-state index is 12.5. The second-order valence-corrected chi connectivity index (χ2v) is 5.95. The smallest absolute Gasteiger partial charge is 0.255 e. The summed E-state index contributed by atoms with van der Waals surface area (Å²) in [6.07, 6.45) is 0. The van der Waals surface area contributed by atoms with Crippen LogP contribution in [0, 0.1) is 0 Å². The Bertz CT molecular complexity index is 470. The molecular weight excluding hydrogens is 351 g/mol. The molecule has 1 amide bonds. The predicted molar refractivity (Wildman–Crippen MR) is 84.4 cm³/mol. The normalized spacial score (nSPS) is 22.8. The third kappa shape index (κ3) is 3.63. The van der Waals surface area contributed by atoms with Gasteiger partial charge in [-0.15, -0.1) is 12.4 Å². The molecule has 1 saturated heterocycles. The molecule has 0 radical (unpaired) electrons. The van der Waals surface area contributed by atoms with Gasteiger partial charge in [-0.05, 0) is 41.9 Å². The number of nitrogens with one attached hydrogen (secondary N) is 1. The SMILES string of the molecule is CC1CN(C(=O)c2cccc(Br)c2Cl)C(C)CN1.Cl. The van der Waals surface area contributed by atoms with Crippen molar-refractivity contribution < 1.29 is 4.79 Å². The van der Waals surface area contributed by atoms with Gasteiger partial charge in [0.25, 0.3) is 5.91 Å². The number of piperazine rings is 1. The molecule has 0 aliphatic carbocycles. The van der Waals surface area contributed by atoms with E-state index in [4.69, 9.17) is 11.6 Å². The first-order valence-corrected chi connectivity index (χ1v) is 7.16. The van der Waals surface area contributed by atoms with E-state index in [9.17, 15) is 4.79 Å². The summed E-state index contributed by atoms with van der Waals surface area (Å²) in [6, 6.07) is 5.94. The molecule has 1 aliphatic rings. The highest BCUT2D eigenvalue weighted by molar-refractivity contribution is 9.10. The molecule has 1 N–H and O–H groups in total. The van der Waals surface area contributed by atoms with Crippen molar-refractivity contribution in [2.45, 2.75) is 25.9 Å². The Hall–Kier alpha value is -0.290. The number of hydrogen-bond donors (Lipinski definition) is 1. The van der Waals surface area contributed by atoms with Crippen molar-refractivity contribution in [1.29, 1.82) is 0 Å². The Labute approximate surface area is 133 Å². The van der Waals surface area contributed by atoms with Crippen molar-refractivity contribution in [3.05, 3.63) is 33.3 Å². The summed E-state index contributed by atoms with van der Waals surface area (Å²) in [6.45, 7) is 5.65. The van der Waals surface area contributed by atoms with Gasteiger partial charge in [0.15, 0.2) is 0 Å². The molecule has 1 aliphatic heterocycles. The third-order valence-corrected chi connectivity index (χ3v) is 4.50. The van der Waals surface area contributed by atoms with E-state index in [1.807, 2.05) is 24.0 Å². The number of benzene rings is 1. The lowest BCUT2D eigenvalue weighted by Gasteiger charge is -2.37. The van der Waals surface area contributed by atoms with Crippen LogP contribution in [0.2, 0.25) is 5.02 Å². The number of rotatable bonds is 1. The summed E-state index contributed by atoms with van der Waals surface area (Å²) in [7, 11) is 0. The average Bonchev–Trinajstić information content (AvgIpc) is 2.35. The Morgan fingerprint density at radius 2 is 2.16 bits per heavy atom. The third-order valence-electron chi connectivity index (χ3n) is 3.21. The lowest BCUT2D eigenvalue weighted by Crippen LogP contribution is -2.56. The number of amides is 1. The Morgan fingerprint density at radius 1 is 1.47 bits per heavy atom. The van der Waals surface area contributed by atoms with Crippen LogP contribution in [-0.4, -0.2) is 36.0 Å². The minimum atomic E-state index is 0. The second-order valence-electron chi connectivity index (χ2n) is 4.72. The maximum Gasteiger partial charge on any atom is 0.255 e. The van der Waals surface area contributed by atoms with Gasteiger partial charge in [-0.2, -0.15) is 0 Å². The first-order valence-electron chi connectivity index (χ1n) is 5.99. The van der Waals surface area contributed by atoms with E-state index in [0.717, 1.165) is 11.0 Å². The molecule has 0 saturated carbocycles. The molecule has 2 unspecified atom stereocenters. The maximum absolute atomic E-state index is 12.5. The van der Waals surface area contributed by atoms with Gasteiger partial charge in [0.1, 0.15) is 0 Å². The summed E-state index contributed by atoms with van der Waals surface area (Å²) in [5.74, 6) is 0.00199. The second kappa shape index (κ2) is 6.93. The van der Waals surface area contributed by atoms with Gasteiger partial charge in [-0.1, -0.05) is 17.7 Å². The van der Waals surface area contributed by atoms with E-state index < -0.39 is 0 Å². The molecule has 6 heteroatoms. The highest BCUT2D eigenvalue weighted by Crippen LogP contribution is 2.27. The first kappa shape index (κ1) is 16.8. The molecule has 2 rings (SSSR count). The molecular formula is C13H17BrCl2N2O. The minimum absolute atomic E-state index is 0. The summed E-state index contributed by atoms with van der Waals surface area (Å²) in [5, 5.41) is 3.84. The van der Waals surface area contributed by atoms with E-state index in [-0.39, 0.29) is 24.4 Å².